The van der Waals surface area contributed by atoms with Crippen molar-refractivity contribution < 1.29 is 19.8 Å². The topological polar surface area (TPSA) is 74.6 Å². The van der Waals surface area contributed by atoms with Gasteiger partial charge < -0.3 is 10.2 Å². The third kappa shape index (κ3) is 4.44. The highest BCUT2D eigenvalue weighted by Crippen LogP contribution is 2.25. The summed E-state index contributed by atoms with van der Waals surface area (Å²) in [6, 6.07) is 0. The van der Waals surface area contributed by atoms with Crippen molar-refractivity contribution in [3.8, 4) is 0 Å². The van der Waals surface area contributed by atoms with Crippen molar-refractivity contribution in [2.24, 2.45) is 5.41 Å². The molecule has 0 aromatic carbocycles. The van der Waals surface area contributed by atoms with E-state index in [1.807, 2.05) is 0 Å². The number of aliphatic carboxylic acids is 2. The maximum Gasteiger partial charge on any atom is 0.332 e. The maximum absolute atomic E-state index is 10.9. The summed E-state index contributed by atoms with van der Waals surface area (Å²) in [7, 11) is 0. The number of rotatable bonds is 3. The van der Waals surface area contributed by atoms with Crippen LogP contribution in [0.15, 0.2) is 23.3 Å². The fourth-order valence-electron chi connectivity index (χ4n) is 0.922. The first-order chi connectivity index (χ1) is 6.66. The van der Waals surface area contributed by atoms with Crippen LogP contribution in [0.2, 0.25) is 0 Å². The van der Waals surface area contributed by atoms with Crippen LogP contribution in [-0.4, -0.2) is 22.2 Å². The zero-order valence-corrected chi connectivity index (χ0v) is 9.37. The van der Waals surface area contributed by atoms with Gasteiger partial charge in [0.15, 0.2) is 0 Å². The smallest absolute Gasteiger partial charge is 0.332 e. The van der Waals surface area contributed by atoms with E-state index in [4.69, 9.17) is 10.2 Å². The van der Waals surface area contributed by atoms with Crippen LogP contribution in [0.25, 0.3) is 0 Å². The molecule has 0 heterocycles. The first kappa shape index (κ1) is 13.4. The number of carboxylic acid groups (broad SMARTS) is 2. The van der Waals surface area contributed by atoms with Crippen LogP contribution in [-0.2, 0) is 9.59 Å². The molecule has 0 saturated heterocycles. The molecule has 0 spiro atoms. The van der Waals surface area contributed by atoms with Crippen LogP contribution < -0.4 is 0 Å². The Morgan fingerprint density at radius 2 is 1.47 bits per heavy atom. The molecule has 2 N–H and O–H groups in total. The van der Waals surface area contributed by atoms with Crippen molar-refractivity contribution >= 4 is 11.9 Å². The summed E-state index contributed by atoms with van der Waals surface area (Å²) < 4.78 is 0. The molecule has 0 atom stereocenters. The average molecular weight is 212 g/mol. The van der Waals surface area contributed by atoms with Crippen LogP contribution >= 0.6 is 0 Å². The molecule has 15 heavy (non-hydrogen) atoms. The van der Waals surface area contributed by atoms with Gasteiger partial charge in [0.2, 0.25) is 0 Å². The SMILES string of the molecule is CC(=CC=C(C(=O)O)C(C)(C)C)C(=O)O. The second-order valence-corrected chi connectivity index (χ2v) is 4.29. The molecule has 0 aromatic rings. The van der Waals surface area contributed by atoms with Gasteiger partial charge >= 0.3 is 11.9 Å². The predicted molar refractivity (Wildman–Crippen MR) is 56.6 cm³/mol. The third-order valence-corrected chi connectivity index (χ3v) is 1.88. The lowest BCUT2D eigenvalue weighted by atomic mass is 9.86. The second-order valence-electron chi connectivity index (χ2n) is 4.29. The molecule has 0 aliphatic rings. The van der Waals surface area contributed by atoms with Gasteiger partial charge in [0.05, 0.1) is 0 Å². The molecule has 0 fully saturated rings. The summed E-state index contributed by atoms with van der Waals surface area (Å²) in [5, 5.41) is 17.5. The lowest BCUT2D eigenvalue weighted by Crippen LogP contribution is -2.17. The molecule has 0 aliphatic carbocycles. The van der Waals surface area contributed by atoms with Crippen LogP contribution in [0.4, 0.5) is 0 Å². The minimum absolute atomic E-state index is 0.109. The van der Waals surface area contributed by atoms with E-state index in [1.54, 1.807) is 20.8 Å². The molecular weight excluding hydrogens is 196 g/mol. The lowest BCUT2D eigenvalue weighted by molar-refractivity contribution is -0.134. The highest BCUT2D eigenvalue weighted by atomic mass is 16.4. The first-order valence-electron chi connectivity index (χ1n) is 4.52. The standard InChI is InChI=1S/C11H16O4/c1-7(9(12)13)5-6-8(10(14)15)11(2,3)4/h5-6H,1-4H3,(H,12,13)(H,14,15). The summed E-state index contributed by atoms with van der Waals surface area (Å²) >= 11 is 0. The zero-order chi connectivity index (χ0) is 12.2. The van der Waals surface area contributed by atoms with Crippen molar-refractivity contribution in [2.75, 3.05) is 0 Å². The molecule has 0 unspecified atom stereocenters. The van der Waals surface area contributed by atoms with Crippen molar-refractivity contribution in [1.29, 1.82) is 0 Å². The lowest BCUT2D eigenvalue weighted by Gasteiger charge is -2.18. The molecule has 4 nitrogen and oxygen atoms in total. The summed E-state index contributed by atoms with van der Waals surface area (Å²) in [6.45, 7) is 6.70. The number of carbonyl (C=O) groups is 2. The van der Waals surface area contributed by atoms with Gasteiger partial charge in [-0.05, 0) is 12.3 Å². The maximum atomic E-state index is 10.9. The van der Waals surface area contributed by atoms with Crippen molar-refractivity contribution in [1.82, 2.24) is 0 Å². The Labute approximate surface area is 88.9 Å². The van der Waals surface area contributed by atoms with E-state index < -0.39 is 17.4 Å². The normalized spacial score (nSPS) is 13.9. The van der Waals surface area contributed by atoms with Crippen molar-refractivity contribution in [3.63, 3.8) is 0 Å². The van der Waals surface area contributed by atoms with Crippen LogP contribution in [0.3, 0.4) is 0 Å². The minimum atomic E-state index is -1.05. The molecule has 84 valence electrons. The molecule has 0 aliphatic heterocycles. The highest BCUT2D eigenvalue weighted by Gasteiger charge is 2.22. The van der Waals surface area contributed by atoms with Gasteiger partial charge in [-0.1, -0.05) is 32.9 Å². The molecule has 0 amide bonds. The largest absolute Gasteiger partial charge is 0.478 e. The summed E-state index contributed by atoms with van der Waals surface area (Å²) in [5.74, 6) is -2.08. The van der Waals surface area contributed by atoms with E-state index in [0.29, 0.717) is 0 Å². The van der Waals surface area contributed by atoms with Gasteiger partial charge in [-0.15, -0.1) is 0 Å². The molecule has 4 heteroatoms. The van der Waals surface area contributed by atoms with E-state index in [9.17, 15) is 9.59 Å². The Hall–Kier alpha value is -1.58. The summed E-state index contributed by atoms with van der Waals surface area (Å²) in [6.07, 6.45) is 2.64. The van der Waals surface area contributed by atoms with Gasteiger partial charge in [0.25, 0.3) is 0 Å². The Morgan fingerprint density at radius 1 is 1.00 bits per heavy atom. The van der Waals surface area contributed by atoms with Crippen molar-refractivity contribution in [3.05, 3.63) is 23.3 Å². The Kier molecular flexibility index (Phi) is 4.27. The molecule has 0 radical (unpaired) electrons. The van der Waals surface area contributed by atoms with Crippen LogP contribution in [0.5, 0.6) is 0 Å². The van der Waals surface area contributed by atoms with Gasteiger partial charge in [-0.25, -0.2) is 9.59 Å². The van der Waals surface area contributed by atoms with Gasteiger partial charge in [-0.3, -0.25) is 0 Å². The fraction of sp³-hybridized carbons (Fsp3) is 0.455. The zero-order valence-electron chi connectivity index (χ0n) is 9.37. The van der Waals surface area contributed by atoms with E-state index in [2.05, 4.69) is 0 Å². The summed E-state index contributed by atoms with van der Waals surface area (Å²) in [4.78, 5) is 21.4. The number of allylic oxidation sites excluding steroid dienone is 2. The fourth-order valence-corrected chi connectivity index (χ4v) is 0.922. The minimum Gasteiger partial charge on any atom is -0.478 e. The van der Waals surface area contributed by atoms with E-state index in [0.717, 1.165) is 0 Å². The third-order valence-electron chi connectivity index (χ3n) is 1.88. The number of carboxylic acids is 2. The summed E-state index contributed by atoms with van der Waals surface area (Å²) in [5.41, 5.74) is -0.220. The molecular formula is C11H16O4. The molecule has 0 saturated carbocycles. The molecule has 0 bridgehead atoms. The van der Waals surface area contributed by atoms with E-state index >= 15 is 0 Å². The average Bonchev–Trinajstić information content (AvgIpc) is 2.00. The van der Waals surface area contributed by atoms with Gasteiger partial charge in [0.1, 0.15) is 0 Å². The number of hydrogen-bond acceptors (Lipinski definition) is 2. The first-order valence-corrected chi connectivity index (χ1v) is 4.52. The Balaban J connectivity index is 5.13. The quantitative estimate of drug-likeness (QED) is 0.554. The highest BCUT2D eigenvalue weighted by molar-refractivity contribution is 5.90. The number of hydrogen-bond donors (Lipinski definition) is 2. The molecule has 0 rings (SSSR count). The van der Waals surface area contributed by atoms with Gasteiger partial charge in [0, 0.05) is 11.1 Å². The van der Waals surface area contributed by atoms with E-state index in [1.165, 1.54) is 19.1 Å². The van der Waals surface area contributed by atoms with Crippen LogP contribution in [0.1, 0.15) is 27.7 Å². The van der Waals surface area contributed by atoms with Gasteiger partial charge in [-0.2, -0.15) is 0 Å². The Morgan fingerprint density at radius 3 is 1.73 bits per heavy atom. The van der Waals surface area contributed by atoms with Crippen molar-refractivity contribution in [2.45, 2.75) is 27.7 Å². The van der Waals surface area contributed by atoms with E-state index in [-0.39, 0.29) is 11.1 Å². The predicted octanol–water partition coefficient (Wildman–Crippen LogP) is 2.07. The molecule has 0 aromatic heterocycles. The monoisotopic (exact) mass is 212 g/mol. The Bertz CT molecular complexity index is 329. The second kappa shape index (κ2) is 4.77. The van der Waals surface area contributed by atoms with Crippen LogP contribution in [0, 0.1) is 5.41 Å².